The number of rotatable bonds is 8. The molecular weight excluding hydrogens is 314 g/mol. The van der Waals surface area contributed by atoms with Crippen LogP contribution in [0.5, 0.6) is 11.5 Å². The fourth-order valence-corrected chi connectivity index (χ4v) is 2.48. The van der Waals surface area contributed by atoms with Gasteiger partial charge < -0.3 is 14.7 Å². The van der Waals surface area contributed by atoms with E-state index in [1.165, 1.54) is 0 Å². The Balaban J connectivity index is 2.20. The third kappa shape index (κ3) is 5.18. The van der Waals surface area contributed by atoms with Gasteiger partial charge in [-0.1, -0.05) is 29.8 Å². The highest BCUT2D eigenvalue weighted by Crippen LogP contribution is 2.34. The molecule has 0 spiro atoms. The molecule has 0 bridgehead atoms. The van der Waals surface area contributed by atoms with E-state index in [4.69, 9.17) is 21.4 Å². The number of anilines is 1. The molecule has 5 heteroatoms. The molecule has 0 fully saturated rings. The first-order valence-corrected chi connectivity index (χ1v) is 7.97. The lowest BCUT2D eigenvalue weighted by molar-refractivity contribution is -0.137. The molecule has 0 saturated carbocycles. The van der Waals surface area contributed by atoms with Crippen molar-refractivity contribution in [3.05, 3.63) is 53.6 Å². The molecule has 1 N–H and O–H groups in total. The van der Waals surface area contributed by atoms with Crippen LogP contribution >= 0.6 is 11.6 Å². The summed E-state index contributed by atoms with van der Waals surface area (Å²) in [5.41, 5.74) is 0.870. The van der Waals surface area contributed by atoms with Crippen molar-refractivity contribution in [2.24, 2.45) is 0 Å². The van der Waals surface area contributed by atoms with E-state index in [9.17, 15) is 4.79 Å². The van der Waals surface area contributed by atoms with Gasteiger partial charge in [-0.05, 0) is 43.7 Å². The molecule has 2 rings (SSSR count). The summed E-state index contributed by atoms with van der Waals surface area (Å²) in [4.78, 5) is 12.8. The lowest BCUT2D eigenvalue weighted by Crippen LogP contribution is -2.24. The van der Waals surface area contributed by atoms with E-state index in [2.05, 4.69) is 4.90 Å². The fraction of sp³-hybridized carbons (Fsp3) is 0.278. The summed E-state index contributed by atoms with van der Waals surface area (Å²) in [7, 11) is 0. The Morgan fingerprint density at radius 3 is 2.61 bits per heavy atom. The van der Waals surface area contributed by atoms with Crippen molar-refractivity contribution in [2.75, 3.05) is 18.0 Å². The van der Waals surface area contributed by atoms with Gasteiger partial charge in [-0.2, -0.15) is 0 Å². The van der Waals surface area contributed by atoms with Crippen LogP contribution in [0.3, 0.4) is 0 Å². The molecule has 0 unspecified atom stereocenters. The van der Waals surface area contributed by atoms with Crippen LogP contribution in [-0.4, -0.2) is 24.2 Å². The van der Waals surface area contributed by atoms with Crippen LogP contribution in [0.2, 0.25) is 5.02 Å². The molecule has 4 nitrogen and oxygen atoms in total. The topological polar surface area (TPSA) is 49.8 Å². The maximum atomic E-state index is 10.7. The Hall–Kier alpha value is -2.20. The number of benzene rings is 2. The Labute approximate surface area is 141 Å². The number of hydrogen-bond acceptors (Lipinski definition) is 3. The molecule has 0 radical (unpaired) electrons. The molecule has 23 heavy (non-hydrogen) atoms. The van der Waals surface area contributed by atoms with E-state index in [0.717, 1.165) is 18.0 Å². The second-order valence-electron chi connectivity index (χ2n) is 5.10. The van der Waals surface area contributed by atoms with Gasteiger partial charge in [0.05, 0.1) is 5.69 Å². The largest absolute Gasteiger partial charge is 0.481 e. The molecule has 0 aliphatic carbocycles. The molecule has 122 valence electrons. The maximum absolute atomic E-state index is 10.7. The highest BCUT2D eigenvalue weighted by Gasteiger charge is 2.13. The molecule has 0 heterocycles. The number of aliphatic carboxylic acids is 1. The number of nitrogens with zero attached hydrogens (tertiary/aromatic N) is 1. The smallest absolute Gasteiger partial charge is 0.303 e. The average molecular weight is 334 g/mol. The Morgan fingerprint density at radius 1 is 1.22 bits per heavy atom. The summed E-state index contributed by atoms with van der Waals surface area (Å²) >= 11 is 6.13. The van der Waals surface area contributed by atoms with Gasteiger partial charge in [0.15, 0.2) is 5.75 Å². The van der Waals surface area contributed by atoms with Gasteiger partial charge in [-0.3, -0.25) is 4.79 Å². The predicted molar refractivity (Wildman–Crippen MR) is 92.7 cm³/mol. The number of ether oxygens (including phenoxy) is 1. The fourth-order valence-electron chi connectivity index (χ4n) is 2.31. The van der Waals surface area contributed by atoms with E-state index in [-0.39, 0.29) is 6.42 Å². The Kier molecular flexibility index (Phi) is 6.29. The normalized spacial score (nSPS) is 10.3. The molecular formula is C18H20ClNO3. The second-order valence-corrected chi connectivity index (χ2v) is 5.54. The van der Waals surface area contributed by atoms with Crippen LogP contribution in [0.15, 0.2) is 48.5 Å². The van der Waals surface area contributed by atoms with E-state index in [0.29, 0.717) is 23.7 Å². The van der Waals surface area contributed by atoms with Crippen molar-refractivity contribution in [2.45, 2.75) is 19.8 Å². The zero-order valence-corrected chi connectivity index (χ0v) is 13.8. The maximum Gasteiger partial charge on any atom is 0.303 e. The van der Waals surface area contributed by atoms with E-state index >= 15 is 0 Å². The number of carbonyl (C=O) groups is 1. The Morgan fingerprint density at radius 2 is 1.96 bits per heavy atom. The first kappa shape index (κ1) is 17.2. The predicted octanol–water partition coefficient (Wildman–Crippen LogP) is 4.82. The summed E-state index contributed by atoms with van der Waals surface area (Å²) < 4.78 is 5.96. The molecule has 0 atom stereocenters. The van der Waals surface area contributed by atoms with Crippen LogP contribution in [0.25, 0.3) is 0 Å². The summed E-state index contributed by atoms with van der Waals surface area (Å²) in [5, 5.41) is 9.42. The highest BCUT2D eigenvalue weighted by molar-refractivity contribution is 6.30. The van der Waals surface area contributed by atoms with Gasteiger partial charge >= 0.3 is 5.97 Å². The van der Waals surface area contributed by atoms with Gasteiger partial charge in [-0.25, -0.2) is 0 Å². The van der Waals surface area contributed by atoms with Gasteiger partial charge in [0.2, 0.25) is 0 Å². The minimum absolute atomic E-state index is 0.145. The summed E-state index contributed by atoms with van der Waals surface area (Å²) in [5.74, 6) is 0.670. The molecule has 0 aromatic heterocycles. The monoisotopic (exact) mass is 333 g/mol. The van der Waals surface area contributed by atoms with Crippen LogP contribution < -0.4 is 9.64 Å². The van der Waals surface area contributed by atoms with Crippen molar-refractivity contribution in [1.29, 1.82) is 0 Å². The van der Waals surface area contributed by atoms with Gasteiger partial charge in [0, 0.05) is 24.5 Å². The summed E-state index contributed by atoms with van der Waals surface area (Å²) in [6, 6.07) is 15.0. The number of para-hydroxylation sites is 1. The molecule has 2 aromatic rings. The zero-order chi connectivity index (χ0) is 16.7. The van der Waals surface area contributed by atoms with Crippen molar-refractivity contribution < 1.29 is 14.6 Å². The van der Waals surface area contributed by atoms with Crippen LogP contribution in [0, 0.1) is 0 Å². The molecule has 0 aliphatic heterocycles. The van der Waals surface area contributed by atoms with Gasteiger partial charge in [0.1, 0.15) is 5.75 Å². The van der Waals surface area contributed by atoms with E-state index in [1.807, 2.05) is 49.4 Å². The second kappa shape index (κ2) is 8.44. The van der Waals surface area contributed by atoms with Crippen LogP contribution in [0.4, 0.5) is 5.69 Å². The molecule has 0 amide bonds. The summed E-state index contributed by atoms with van der Waals surface area (Å²) in [6.07, 6.45) is 0.715. The molecule has 0 aliphatic rings. The summed E-state index contributed by atoms with van der Waals surface area (Å²) in [6.45, 7) is 3.40. The van der Waals surface area contributed by atoms with E-state index < -0.39 is 5.97 Å². The standard InChI is InChI=1S/C18H20ClNO3/c1-2-20(12-6-9-18(21)22)16-13-14(19)10-11-17(16)23-15-7-4-3-5-8-15/h3-5,7-8,10-11,13H,2,6,9,12H2,1H3,(H,21,22). The number of carboxylic acid groups (broad SMARTS) is 1. The van der Waals surface area contributed by atoms with Crippen molar-refractivity contribution in [3.8, 4) is 11.5 Å². The zero-order valence-electron chi connectivity index (χ0n) is 13.0. The number of hydrogen-bond donors (Lipinski definition) is 1. The van der Waals surface area contributed by atoms with Gasteiger partial charge in [-0.15, -0.1) is 0 Å². The first-order valence-electron chi connectivity index (χ1n) is 7.59. The molecule has 0 saturated heterocycles. The minimum atomic E-state index is -0.784. The molecule has 2 aromatic carbocycles. The average Bonchev–Trinajstić information content (AvgIpc) is 2.54. The third-order valence-electron chi connectivity index (χ3n) is 3.43. The Bertz CT molecular complexity index is 646. The lowest BCUT2D eigenvalue weighted by atomic mass is 10.2. The third-order valence-corrected chi connectivity index (χ3v) is 3.67. The number of halogens is 1. The number of carboxylic acids is 1. The van der Waals surface area contributed by atoms with E-state index in [1.54, 1.807) is 6.07 Å². The highest BCUT2D eigenvalue weighted by atomic mass is 35.5. The quantitative estimate of drug-likeness (QED) is 0.752. The minimum Gasteiger partial charge on any atom is -0.481 e. The van der Waals surface area contributed by atoms with Crippen LogP contribution in [-0.2, 0) is 4.79 Å². The van der Waals surface area contributed by atoms with Crippen molar-refractivity contribution >= 4 is 23.3 Å². The van der Waals surface area contributed by atoms with Crippen LogP contribution in [0.1, 0.15) is 19.8 Å². The van der Waals surface area contributed by atoms with Crippen molar-refractivity contribution in [1.82, 2.24) is 0 Å². The van der Waals surface area contributed by atoms with Gasteiger partial charge in [0.25, 0.3) is 0 Å². The van der Waals surface area contributed by atoms with Crippen molar-refractivity contribution in [3.63, 3.8) is 0 Å². The SMILES string of the molecule is CCN(CCCC(=O)O)c1cc(Cl)ccc1Oc1ccccc1. The first-order chi connectivity index (χ1) is 11.1. The lowest BCUT2D eigenvalue weighted by Gasteiger charge is -2.25.